The van der Waals surface area contributed by atoms with Crippen LogP contribution in [0.4, 0.5) is 0 Å². The Hall–Kier alpha value is -1.10. The SMILES string of the molecule is CC(CNC(=O)CNC1CC1)C(=O)O. The van der Waals surface area contributed by atoms with E-state index in [1.807, 2.05) is 0 Å². The van der Waals surface area contributed by atoms with E-state index in [0.717, 1.165) is 12.8 Å². The maximum absolute atomic E-state index is 11.1. The molecule has 1 aliphatic carbocycles. The summed E-state index contributed by atoms with van der Waals surface area (Å²) in [5.74, 6) is -1.55. The van der Waals surface area contributed by atoms with E-state index >= 15 is 0 Å². The molecule has 0 heterocycles. The van der Waals surface area contributed by atoms with E-state index in [1.165, 1.54) is 0 Å². The van der Waals surface area contributed by atoms with Crippen molar-refractivity contribution in [3.05, 3.63) is 0 Å². The van der Waals surface area contributed by atoms with E-state index in [0.29, 0.717) is 6.04 Å². The Kier molecular flexibility index (Phi) is 3.88. The van der Waals surface area contributed by atoms with Crippen LogP contribution >= 0.6 is 0 Å². The summed E-state index contributed by atoms with van der Waals surface area (Å²) >= 11 is 0. The second-order valence-corrected chi connectivity index (χ2v) is 3.70. The first-order chi connectivity index (χ1) is 6.59. The van der Waals surface area contributed by atoms with Crippen LogP contribution < -0.4 is 10.6 Å². The fourth-order valence-corrected chi connectivity index (χ4v) is 0.941. The summed E-state index contributed by atoms with van der Waals surface area (Å²) < 4.78 is 0. The van der Waals surface area contributed by atoms with Crippen molar-refractivity contribution in [1.82, 2.24) is 10.6 Å². The van der Waals surface area contributed by atoms with Gasteiger partial charge in [0.1, 0.15) is 0 Å². The molecule has 1 rings (SSSR count). The molecule has 0 saturated heterocycles. The molecule has 0 aliphatic heterocycles. The molecule has 1 amide bonds. The first-order valence-corrected chi connectivity index (χ1v) is 4.82. The summed E-state index contributed by atoms with van der Waals surface area (Å²) in [7, 11) is 0. The summed E-state index contributed by atoms with van der Waals surface area (Å²) in [5.41, 5.74) is 0. The molecular formula is C9H16N2O3. The molecular weight excluding hydrogens is 184 g/mol. The van der Waals surface area contributed by atoms with Gasteiger partial charge in [0.15, 0.2) is 0 Å². The van der Waals surface area contributed by atoms with Gasteiger partial charge in [0.25, 0.3) is 0 Å². The van der Waals surface area contributed by atoms with Gasteiger partial charge in [0.2, 0.25) is 5.91 Å². The minimum atomic E-state index is -0.888. The molecule has 1 aliphatic rings. The highest BCUT2D eigenvalue weighted by Crippen LogP contribution is 2.17. The lowest BCUT2D eigenvalue weighted by Gasteiger charge is -2.08. The third kappa shape index (κ3) is 4.23. The molecule has 14 heavy (non-hydrogen) atoms. The van der Waals surface area contributed by atoms with Crippen LogP contribution in [0.25, 0.3) is 0 Å². The zero-order valence-corrected chi connectivity index (χ0v) is 8.25. The highest BCUT2D eigenvalue weighted by Gasteiger charge is 2.21. The van der Waals surface area contributed by atoms with Crippen LogP contribution in [0.1, 0.15) is 19.8 Å². The van der Waals surface area contributed by atoms with Gasteiger partial charge in [-0.05, 0) is 12.8 Å². The summed E-state index contributed by atoms with van der Waals surface area (Å²) in [4.78, 5) is 21.6. The molecule has 0 aromatic heterocycles. The molecule has 1 fully saturated rings. The summed E-state index contributed by atoms with van der Waals surface area (Å²) in [6, 6.07) is 0.498. The Labute approximate surface area is 82.9 Å². The lowest BCUT2D eigenvalue weighted by atomic mass is 10.2. The molecule has 0 bridgehead atoms. The molecule has 1 saturated carbocycles. The first kappa shape index (κ1) is 11.0. The van der Waals surface area contributed by atoms with Gasteiger partial charge in [-0.2, -0.15) is 0 Å². The van der Waals surface area contributed by atoms with E-state index in [1.54, 1.807) is 6.92 Å². The number of carboxylic acid groups (broad SMARTS) is 1. The second kappa shape index (κ2) is 4.95. The van der Waals surface area contributed by atoms with Crippen molar-refractivity contribution in [2.75, 3.05) is 13.1 Å². The quantitative estimate of drug-likeness (QED) is 0.544. The maximum atomic E-state index is 11.1. The summed E-state index contributed by atoms with van der Waals surface area (Å²) in [5, 5.41) is 14.2. The predicted octanol–water partition coefficient (Wildman–Crippen LogP) is -0.425. The number of carboxylic acids is 1. The molecule has 5 heteroatoms. The number of carbonyl (C=O) groups is 2. The van der Waals surface area contributed by atoms with Gasteiger partial charge in [-0.25, -0.2) is 0 Å². The molecule has 3 N–H and O–H groups in total. The maximum Gasteiger partial charge on any atom is 0.308 e. The molecule has 0 aromatic carbocycles. The Balaban J connectivity index is 2.04. The van der Waals surface area contributed by atoms with Gasteiger partial charge in [-0.3, -0.25) is 9.59 Å². The molecule has 0 radical (unpaired) electrons. The normalized spacial score (nSPS) is 17.5. The minimum absolute atomic E-state index is 0.134. The van der Waals surface area contributed by atoms with Crippen molar-refractivity contribution in [2.24, 2.45) is 5.92 Å². The average Bonchev–Trinajstić information content (AvgIpc) is 2.94. The fraction of sp³-hybridized carbons (Fsp3) is 0.778. The lowest BCUT2D eigenvalue weighted by molar-refractivity contribution is -0.141. The number of nitrogens with one attached hydrogen (secondary N) is 2. The summed E-state index contributed by atoms with van der Waals surface area (Å²) in [6.07, 6.45) is 2.28. The van der Waals surface area contributed by atoms with Gasteiger partial charge < -0.3 is 15.7 Å². The van der Waals surface area contributed by atoms with Crippen molar-refractivity contribution in [1.29, 1.82) is 0 Å². The van der Waals surface area contributed by atoms with Gasteiger partial charge >= 0.3 is 5.97 Å². The fourth-order valence-electron chi connectivity index (χ4n) is 0.941. The van der Waals surface area contributed by atoms with E-state index in [-0.39, 0.29) is 19.0 Å². The topological polar surface area (TPSA) is 78.4 Å². The number of hydrogen-bond acceptors (Lipinski definition) is 3. The Bertz CT molecular complexity index is 226. The number of amides is 1. The molecule has 0 aromatic rings. The Morgan fingerprint density at radius 1 is 1.50 bits per heavy atom. The van der Waals surface area contributed by atoms with Gasteiger partial charge in [0.05, 0.1) is 12.5 Å². The van der Waals surface area contributed by atoms with Crippen LogP contribution in [-0.2, 0) is 9.59 Å². The van der Waals surface area contributed by atoms with Crippen molar-refractivity contribution >= 4 is 11.9 Å². The lowest BCUT2D eigenvalue weighted by Crippen LogP contribution is -2.38. The molecule has 1 unspecified atom stereocenters. The van der Waals surface area contributed by atoms with Gasteiger partial charge in [0, 0.05) is 12.6 Å². The zero-order valence-electron chi connectivity index (χ0n) is 8.25. The van der Waals surface area contributed by atoms with Crippen LogP contribution in [0.5, 0.6) is 0 Å². The minimum Gasteiger partial charge on any atom is -0.481 e. The van der Waals surface area contributed by atoms with Crippen molar-refractivity contribution < 1.29 is 14.7 Å². The third-order valence-corrected chi connectivity index (χ3v) is 2.16. The molecule has 1 atom stereocenters. The van der Waals surface area contributed by atoms with E-state index in [2.05, 4.69) is 10.6 Å². The molecule has 0 spiro atoms. The number of aliphatic carboxylic acids is 1. The molecule has 80 valence electrons. The van der Waals surface area contributed by atoms with Gasteiger partial charge in [-0.1, -0.05) is 6.92 Å². The van der Waals surface area contributed by atoms with E-state index in [9.17, 15) is 9.59 Å². The van der Waals surface area contributed by atoms with Crippen LogP contribution in [0.15, 0.2) is 0 Å². The second-order valence-electron chi connectivity index (χ2n) is 3.70. The highest BCUT2D eigenvalue weighted by molar-refractivity contribution is 5.79. The smallest absolute Gasteiger partial charge is 0.308 e. The van der Waals surface area contributed by atoms with Crippen LogP contribution in [0, 0.1) is 5.92 Å². The van der Waals surface area contributed by atoms with Gasteiger partial charge in [-0.15, -0.1) is 0 Å². The number of hydrogen-bond donors (Lipinski definition) is 3. The standard InChI is InChI=1S/C9H16N2O3/c1-6(9(13)14)4-11-8(12)5-10-7-2-3-7/h6-7,10H,2-5H2,1H3,(H,11,12)(H,13,14). The summed E-state index contributed by atoms with van der Waals surface area (Å²) in [6.45, 7) is 2.05. The number of rotatable bonds is 6. The molecule has 5 nitrogen and oxygen atoms in total. The predicted molar refractivity (Wildman–Crippen MR) is 50.8 cm³/mol. The van der Waals surface area contributed by atoms with E-state index < -0.39 is 11.9 Å². The van der Waals surface area contributed by atoms with Crippen molar-refractivity contribution in [3.63, 3.8) is 0 Å². The first-order valence-electron chi connectivity index (χ1n) is 4.82. The Morgan fingerprint density at radius 2 is 2.14 bits per heavy atom. The van der Waals surface area contributed by atoms with E-state index in [4.69, 9.17) is 5.11 Å². The monoisotopic (exact) mass is 200 g/mol. The van der Waals surface area contributed by atoms with Crippen LogP contribution in [0.2, 0.25) is 0 Å². The average molecular weight is 200 g/mol. The third-order valence-electron chi connectivity index (χ3n) is 2.16. The largest absolute Gasteiger partial charge is 0.481 e. The van der Waals surface area contributed by atoms with Crippen molar-refractivity contribution in [3.8, 4) is 0 Å². The zero-order chi connectivity index (χ0) is 10.6. The van der Waals surface area contributed by atoms with Crippen LogP contribution in [0.3, 0.4) is 0 Å². The van der Waals surface area contributed by atoms with Crippen molar-refractivity contribution in [2.45, 2.75) is 25.8 Å². The number of carbonyl (C=O) groups excluding carboxylic acids is 1. The highest BCUT2D eigenvalue weighted by atomic mass is 16.4. The van der Waals surface area contributed by atoms with Crippen LogP contribution in [-0.4, -0.2) is 36.1 Å². The Morgan fingerprint density at radius 3 is 2.64 bits per heavy atom.